The topological polar surface area (TPSA) is 56.0 Å². The van der Waals surface area contributed by atoms with Crippen molar-refractivity contribution in [2.24, 2.45) is 0 Å². The molecule has 2 rings (SSSR count). The average molecular weight is 259 g/mol. The van der Waals surface area contributed by atoms with E-state index in [0.29, 0.717) is 9.43 Å². The lowest BCUT2D eigenvalue weighted by atomic mass is 10.3. The monoisotopic (exact) mass is 258 g/mol. The minimum absolute atomic E-state index is 0.0550. The van der Waals surface area contributed by atoms with Crippen LogP contribution in [-0.2, 0) is 0 Å². The number of hydrogen-bond donors (Lipinski definition) is 0. The van der Waals surface area contributed by atoms with Crippen molar-refractivity contribution < 1.29 is 4.92 Å². The maximum absolute atomic E-state index is 10.6. The second-order valence-corrected chi connectivity index (χ2v) is 4.65. The fourth-order valence-electron chi connectivity index (χ4n) is 1.05. The Morgan fingerprint density at radius 1 is 1.54 bits per heavy atom. The van der Waals surface area contributed by atoms with Crippen LogP contribution in [0.5, 0.6) is 0 Å². The average Bonchev–Trinajstić information content (AvgIpc) is 2.43. The largest absolute Gasteiger partial charge is 0.296 e. The first-order chi connectivity index (χ1) is 6.18. The predicted molar refractivity (Wildman–Crippen MR) is 54.0 cm³/mol. The first-order valence-corrected chi connectivity index (χ1v) is 4.99. The third kappa shape index (κ3) is 1.42. The van der Waals surface area contributed by atoms with Crippen LogP contribution in [0.2, 0.25) is 0 Å². The number of aromatic nitrogens is 1. The number of para-hydroxylation sites is 1. The van der Waals surface area contributed by atoms with E-state index in [1.54, 1.807) is 6.07 Å². The molecule has 6 heteroatoms. The minimum atomic E-state index is -0.422. The van der Waals surface area contributed by atoms with Crippen LogP contribution in [0.25, 0.3) is 10.2 Å². The molecular weight excluding hydrogens is 256 g/mol. The van der Waals surface area contributed by atoms with Crippen molar-refractivity contribution >= 4 is 43.2 Å². The van der Waals surface area contributed by atoms with Gasteiger partial charge in [0, 0.05) is 6.07 Å². The molecule has 0 bridgehead atoms. The summed E-state index contributed by atoms with van der Waals surface area (Å²) in [5.41, 5.74) is 0.504. The molecule has 0 amide bonds. The predicted octanol–water partition coefficient (Wildman–Crippen LogP) is 2.97. The highest BCUT2D eigenvalue weighted by Gasteiger charge is 2.14. The zero-order chi connectivity index (χ0) is 9.42. The Morgan fingerprint density at radius 3 is 3.00 bits per heavy atom. The summed E-state index contributed by atoms with van der Waals surface area (Å²) in [6.45, 7) is 0. The summed E-state index contributed by atoms with van der Waals surface area (Å²) in [5, 5.41) is 10.6. The van der Waals surface area contributed by atoms with Gasteiger partial charge in [-0.3, -0.25) is 10.1 Å². The molecule has 2 aromatic rings. The summed E-state index contributed by atoms with van der Waals surface area (Å²) in [6, 6.07) is 4.92. The molecule has 0 aliphatic rings. The molecule has 66 valence electrons. The highest BCUT2D eigenvalue weighted by atomic mass is 79.9. The molecular formula is C7H3BrN2O2S. The van der Waals surface area contributed by atoms with E-state index < -0.39 is 4.92 Å². The number of halogens is 1. The number of thiazole rings is 1. The molecule has 0 aliphatic heterocycles. The fourth-order valence-corrected chi connectivity index (χ4v) is 2.47. The van der Waals surface area contributed by atoms with Gasteiger partial charge in [-0.2, -0.15) is 0 Å². The SMILES string of the molecule is O=[N+]([O-])c1cccc2sc(Br)nc12. The second-order valence-electron chi connectivity index (χ2n) is 2.35. The number of nitro benzene ring substituents is 1. The van der Waals surface area contributed by atoms with Crippen LogP contribution in [0, 0.1) is 10.1 Å². The lowest BCUT2D eigenvalue weighted by Crippen LogP contribution is -1.88. The van der Waals surface area contributed by atoms with Crippen LogP contribution in [-0.4, -0.2) is 9.91 Å². The molecule has 0 spiro atoms. The molecule has 0 unspecified atom stereocenters. The molecule has 0 fully saturated rings. The van der Waals surface area contributed by atoms with Crippen molar-refractivity contribution in [2.45, 2.75) is 0 Å². The molecule has 1 aromatic carbocycles. The molecule has 13 heavy (non-hydrogen) atoms. The van der Waals surface area contributed by atoms with E-state index >= 15 is 0 Å². The normalized spacial score (nSPS) is 10.5. The lowest BCUT2D eigenvalue weighted by Gasteiger charge is -1.89. The number of nitro groups is 1. The number of hydrogen-bond acceptors (Lipinski definition) is 4. The second kappa shape index (κ2) is 3.04. The molecule has 0 aliphatic carbocycles. The van der Waals surface area contributed by atoms with E-state index in [0.717, 1.165) is 4.70 Å². The molecule has 0 atom stereocenters. The van der Waals surface area contributed by atoms with Gasteiger partial charge in [0.1, 0.15) is 0 Å². The fraction of sp³-hybridized carbons (Fsp3) is 0. The molecule has 0 radical (unpaired) electrons. The summed E-state index contributed by atoms with van der Waals surface area (Å²) >= 11 is 4.58. The van der Waals surface area contributed by atoms with Gasteiger partial charge in [-0.25, -0.2) is 4.98 Å². The van der Waals surface area contributed by atoms with Crippen LogP contribution in [0.15, 0.2) is 22.1 Å². The summed E-state index contributed by atoms with van der Waals surface area (Å²) in [6.07, 6.45) is 0. The van der Waals surface area contributed by atoms with Gasteiger partial charge in [0.15, 0.2) is 9.43 Å². The Kier molecular flexibility index (Phi) is 2.01. The van der Waals surface area contributed by atoms with Crippen molar-refractivity contribution in [3.05, 3.63) is 32.2 Å². The number of benzene rings is 1. The third-order valence-corrected chi connectivity index (χ3v) is 3.04. The Morgan fingerprint density at radius 2 is 2.31 bits per heavy atom. The van der Waals surface area contributed by atoms with Crippen LogP contribution >= 0.6 is 27.3 Å². The highest BCUT2D eigenvalue weighted by molar-refractivity contribution is 9.11. The highest BCUT2D eigenvalue weighted by Crippen LogP contribution is 2.31. The smallest absolute Gasteiger partial charge is 0.258 e. The summed E-state index contributed by atoms with van der Waals surface area (Å²) in [5.74, 6) is 0. The van der Waals surface area contributed by atoms with E-state index in [-0.39, 0.29) is 5.69 Å². The molecule has 0 N–H and O–H groups in total. The Hall–Kier alpha value is -1.01. The third-order valence-electron chi connectivity index (χ3n) is 1.57. The van der Waals surface area contributed by atoms with E-state index in [4.69, 9.17) is 0 Å². The Balaban J connectivity index is 2.82. The first-order valence-electron chi connectivity index (χ1n) is 3.38. The minimum Gasteiger partial charge on any atom is -0.258 e. The Bertz CT molecular complexity index is 482. The van der Waals surface area contributed by atoms with Crippen molar-refractivity contribution in [3.63, 3.8) is 0 Å². The summed E-state index contributed by atoms with van der Waals surface area (Å²) in [7, 11) is 0. The quantitative estimate of drug-likeness (QED) is 0.584. The molecule has 0 saturated heterocycles. The van der Waals surface area contributed by atoms with Gasteiger partial charge in [-0.1, -0.05) is 6.07 Å². The van der Waals surface area contributed by atoms with Gasteiger partial charge in [0.2, 0.25) is 0 Å². The van der Waals surface area contributed by atoms with Crippen LogP contribution in [0.4, 0.5) is 5.69 Å². The van der Waals surface area contributed by atoms with Gasteiger partial charge in [0.25, 0.3) is 5.69 Å². The molecule has 1 heterocycles. The van der Waals surface area contributed by atoms with Crippen molar-refractivity contribution in [1.29, 1.82) is 0 Å². The number of rotatable bonds is 1. The summed E-state index contributed by atoms with van der Waals surface area (Å²) in [4.78, 5) is 14.2. The summed E-state index contributed by atoms with van der Waals surface area (Å²) < 4.78 is 1.48. The van der Waals surface area contributed by atoms with Gasteiger partial charge in [0.05, 0.1) is 9.62 Å². The maximum Gasteiger partial charge on any atom is 0.296 e. The van der Waals surface area contributed by atoms with Crippen molar-refractivity contribution in [1.82, 2.24) is 4.98 Å². The molecule has 0 saturated carbocycles. The zero-order valence-electron chi connectivity index (χ0n) is 6.23. The van der Waals surface area contributed by atoms with Crippen LogP contribution in [0.1, 0.15) is 0 Å². The van der Waals surface area contributed by atoms with Gasteiger partial charge in [-0.05, 0) is 22.0 Å². The van der Waals surface area contributed by atoms with Crippen molar-refractivity contribution in [3.8, 4) is 0 Å². The number of nitrogens with zero attached hydrogens (tertiary/aromatic N) is 2. The molecule has 4 nitrogen and oxygen atoms in total. The van der Waals surface area contributed by atoms with Crippen molar-refractivity contribution in [2.75, 3.05) is 0 Å². The number of fused-ring (bicyclic) bond motifs is 1. The van der Waals surface area contributed by atoms with E-state index in [1.807, 2.05) is 6.07 Å². The lowest BCUT2D eigenvalue weighted by molar-refractivity contribution is -0.383. The van der Waals surface area contributed by atoms with Crippen LogP contribution < -0.4 is 0 Å². The Labute approximate surface area is 85.5 Å². The first kappa shape index (κ1) is 8.58. The van der Waals surface area contributed by atoms with Gasteiger partial charge in [-0.15, -0.1) is 11.3 Å². The maximum atomic E-state index is 10.6. The number of non-ortho nitro benzene ring substituents is 1. The van der Waals surface area contributed by atoms with E-state index in [9.17, 15) is 10.1 Å². The van der Waals surface area contributed by atoms with Gasteiger partial charge < -0.3 is 0 Å². The molecule has 1 aromatic heterocycles. The van der Waals surface area contributed by atoms with Gasteiger partial charge >= 0.3 is 0 Å². The van der Waals surface area contributed by atoms with E-state index in [1.165, 1.54) is 17.4 Å². The standard InChI is InChI=1S/C7H3BrN2O2S/c8-7-9-6-4(10(11)12)2-1-3-5(6)13-7/h1-3H. The van der Waals surface area contributed by atoms with E-state index in [2.05, 4.69) is 20.9 Å². The van der Waals surface area contributed by atoms with Crippen LogP contribution in [0.3, 0.4) is 0 Å². The zero-order valence-corrected chi connectivity index (χ0v) is 8.63.